The summed E-state index contributed by atoms with van der Waals surface area (Å²) in [7, 11) is 4.29. The minimum Gasteiger partial charge on any atom is -0.306 e. The molecule has 5 rings (SSSR count). The number of aromatic nitrogens is 4. The van der Waals surface area contributed by atoms with E-state index in [1.54, 1.807) is 0 Å². The average Bonchev–Trinajstić information content (AvgIpc) is 3.17. The molecule has 0 aliphatic rings. The van der Waals surface area contributed by atoms with Crippen LogP contribution in [0.25, 0.3) is 38.7 Å². The Bertz CT molecular complexity index is 1230. The third-order valence-corrected chi connectivity index (χ3v) is 5.22. The summed E-state index contributed by atoms with van der Waals surface area (Å²) in [4.78, 5) is 4.27. The number of hydrogen-bond acceptors (Lipinski definition) is 1. The number of rotatable bonds is 1. The number of pyridine rings is 1. The van der Waals surface area contributed by atoms with Crippen molar-refractivity contribution in [3.8, 4) is 11.4 Å². The van der Waals surface area contributed by atoms with E-state index in [-0.39, 0.29) is 0 Å². The first-order valence-corrected chi connectivity index (χ1v) is 8.44. The molecule has 0 atom stereocenters. The highest BCUT2D eigenvalue weighted by molar-refractivity contribution is 5.98. The molecule has 0 amide bonds. The van der Waals surface area contributed by atoms with Gasteiger partial charge in [0.15, 0.2) is 11.0 Å². The monoisotopic (exact) mass is 327 g/mol. The zero-order valence-corrected chi connectivity index (χ0v) is 14.6. The fourth-order valence-corrected chi connectivity index (χ4v) is 3.96. The molecule has 3 heterocycles. The van der Waals surface area contributed by atoms with Gasteiger partial charge < -0.3 is 4.40 Å². The van der Waals surface area contributed by atoms with Crippen LogP contribution >= 0.6 is 0 Å². The zero-order chi connectivity index (χ0) is 17.1. The number of hydrogen-bond donors (Lipinski definition) is 0. The maximum atomic E-state index is 4.27. The Balaban J connectivity index is 1.97. The van der Waals surface area contributed by atoms with Crippen molar-refractivity contribution in [1.82, 2.24) is 14.0 Å². The molecule has 0 unspecified atom stereocenters. The van der Waals surface area contributed by atoms with Crippen molar-refractivity contribution in [1.29, 1.82) is 0 Å². The van der Waals surface area contributed by atoms with Crippen molar-refractivity contribution in [2.75, 3.05) is 0 Å². The van der Waals surface area contributed by atoms with Gasteiger partial charge in [0.25, 0.3) is 5.82 Å². The van der Waals surface area contributed by atoms with Gasteiger partial charge >= 0.3 is 0 Å². The maximum Gasteiger partial charge on any atom is 0.290 e. The molecule has 2 aromatic carbocycles. The molecule has 0 fully saturated rings. The number of nitrogens with zero attached hydrogens (tertiary/aromatic N) is 4. The van der Waals surface area contributed by atoms with Crippen LogP contribution in [0.3, 0.4) is 0 Å². The fourth-order valence-electron chi connectivity index (χ4n) is 3.96. The topological polar surface area (TPSA) is 26.1 Å². The molecule has 0 bridgehead atoms. The summed E-state index contributed by atoms with van der Waals surface area (Å²) in [6.07, 6.45) is 5.92. The Hall–Kier alpha value is -3.14. The predicted molar refractivity (Wildman–Crippen MR) is 101 cm³/mol. The van der Waals surface area contributed by atoms with Crippen molar-refractivity contribution in [2.24, 2.45) is 14.1 Å². The van der Waals surface area contributed by atoms with Crippen LogP contribution < -0.4 is 4.57 Å². The van der Waals surface area contributed by atoms with Gasteiger partial charge in [-0.3, -0.25) is 0 Å². The lowest BCUT2D eigenvalue weighted by molar-refractivity contribution is -0.634. The van der Waals surface area contributed by atoms with Crippen LogP contribution in [0, 0.1) is 6.92 Å². The molecule has 0 aliphatic heterocycles. The third-order valence-electron chi connectivity index (χ3n) is 5.22. The largest absolute Gasteiger partial charge is 0.306 e. The minimum atomic E-state index is 1.11. The first-order valence-electron chi connectivity index (χ1n) is 8.44. The average molecular weight is 327 g/mol. The Labute approximate surface area is 145 Å². The number of para-hydroxylation sites is 2. The number of imidazole rings is 2. The predicted octanol–water partition coefficient (Wildman–Crippen LogP) is 3.78. The highest BCUT2D eigenvalue weighted by atomic mass is 15.1. The van der Waals surface area contributed by atoms with E-state index in [1.165, 1.54) is 38.8 Å². The van der Waals surface area contributed by atoms with E-state index in [1.807, 2.05) is 12.5 Å². The van der Waals surface area contributed by atoms with Gasteiger partial charge in [0.05, 0.1) is 37.7 Å². The molecule has 3 aromatic heterocycles. The van der Waals surface area contributed by atoms with Gasteiger partial charge in [-0.05, 0) is 36.1 Å². The molecule has 4 heteroatoms. The summed E-state index contributed by atoms with van der Waals surface area (Å²) in [5.74, 6) is 1.22. The van der Waals surface area contributed by atoms with Crippen LogP contribution in [0.1, 0.15) is 5.56 Å². The van der Waals surface area contributed by atoms with Gasteiger partial charge in [-0.15, -0.1) is 0 Å². The SMILES string of the molecule is Cc1ccc2cn3cncc3cc2c1-c1n(C)c2ccccc2[n+]1C. The standard InChI is InChI=1S/C21H19N4/c1-14-8-9-15-12-25-13-22-11-16(25)10-17(15)20(14)21-23(2)18-6-4-5-7-19(18)24(21)3/h4-13H,1-3H3/q+1. The number of benzene rings is 2. The summed E-state index contributed by atoms with van der Waals surface area (Å²) in [6, 6.07) is 15.2. The smallest absolute Gasteiger partial charge is 0.290 e. The summed E-state index contributed by atoms with van der Waals surface area (Å²) in [5.41, 5.74) is 6.14. The Morgan fingerprint density at radius 2 is 1.92 bits per heavy atom. The molecule has 0 N–H and O–H groups in total. The van der Waals surface area contributed by atoms with E-state index in [9.17, 15) is 0 Å². The van der Waals surface area contributed by atoms with Crippen molar-refractivity contribution in [2.45, 2.75) is 6.92 Å². The lowest BCUT2D eigenvalue weighted by Gasteiger charge is -2.09. The molecule has 0 aliphatic carbocycles. The molecule has 4 nitrogen and oxygen atoms in total. The van der Waals surface area contributed by atoms with Gasteiger partial charge in [0.1, 0.15) is 0 Å². The normalized spacial score (nSPS) is 11.8. The quantitative estimate of drug-likeness (QED) is 0.430. The highest BCUT2D eigenvalue weighted by Gasteiger charge is 2.24. The van der Waals surface area contributed by atoms with Crippen LogP contribution in [-0.2, 0) is 14.1 Å². The van der Waals surface area contributed by atoms with E-state index in [0.29, 0.717) is 0 Å². The van der Waals surface area contributed by atoms with Crippen molar-refractivity contribution in [3.63, 3.8) is 0 Å². The number of aryl methyl sites for hydroxylation is 3. The van der Waals surface area contributed by atoms with Crippen molar-refractivity contribution >= 4 is 27.3 Å². The molecule has 0 saturated carbocycles. The molecular formula is C21H19N4+. The molecular weight excluding hydrogens is 308 g/mol. The summed E-state index contributed by atoms with van der Waals surface area (Å²) < 4.78 is 6.65. The van der Waals surface area contributed by atoms with Crippen molar-refractivity contribution < 1.29 is 4.57 Å². The summed E-state index contributed by atoms with van der Waals surface area (Å²) in [5, 5.41) is 2.48. The highest BCUT2D eigenvalue weighted by Crippen LogP contribution is 2.32. The fraction of sp³-hybridized carbons (Fsp3) is 0.143. The van der Waals surface area contributed by atoms with Crippen LogP contribution in [0.5, 0.6) is 0 Å². The van der Waals surface area contributed by atoms with Gasteiger partial charge in [0.2, 0.25) is 0 Å². The molecule has 0 radical (unpaired) electrons. The second-order valence-electron chi connectivity index (χ2n) is 6.69. The minimum absolute atomic E-state index is 1.11. The Morgan fingerprint density at radius 1 is 1.08 bits per heavy atom. The second kappa shape index (κ2) is 4.93. The molecule has 0 spiro atoms. The maximum absolute atomic E-state index is 4.27. The van der Waals surface area contributed by atoms with Gasteiger partial charge in [0, 0.05) is 11.6 Å². The van der Waals surface area contributed by atoms with Gasteiger partial charge in [-0.2, -0.15) is 0 Å². The van der Waals surface area contributed by atoms with Crippen LogP contribution in [-0.4, -0.2) is 14.0 Å². The van der Waals surface area contributed by atoms with Crippen LogP contribution in [0.4, 0.5) is 0 Å². The molecule has 25 heavy (non-hydrogen) atoms. The van der Waals surface area contributed by atoms with E-state index < -0.39 is 0 Å². The zero-order valence-electron chi connectivity index (χ0n) is 14.6. The first kappa shape index (κ1) is 14.2. The lowest BCUT2D eigenvalue weighted by atomic mass is 10.00. The van der Waals surface area contributed by atoms with Crippen LogP contribution in [0.2, 0.25) is 0 Å². The third kappa shape index (κ3) is 1.88. The second-order valence-corrected chi connectivity index (χ2v) is 6.69. The van der Waals surface area contributed by atoms with E-state index in [4.69, 9.17) is 0 Å². The lowest BCUT2D eigenvalue weighted by Crippen LogP contribution is -2.30. The summed E-state index contributed by atoms with van der Waals surface area (Å²) >= 11 is 0. The summed E-state index contributed by atoms with van der Waals surface area (Å²) in [6.45, 7) is 2.19. The van der Waals surface area contributed by atoms with E-state index >= 15 is 0 Å². The molecule has 122 valence electrons. The van der Waals surface area contributed by atoms with Crippen molar-refractivity contribution in [3.05, 3.63) is 66.7 Å². The van der Waals surface area contributed by atoms with Gasteiger partial charge in [-0.1, -0.05) is 24.3 Å². The molecule has 5 aromatic rings. The van der Waals surface area contributed by atoms with Gasteiger partial charge in [-0.25, -0.2) is 14.1 Å². The van der Waals surface area contributed by atoms with E-state index in [0.717, 1.165) is 5.52 Å². The Kier molecular flexibility index (Phi) is 2.80. The number of fused-ring (bicyclic) bond motifs is 3. The molecule has 0 saturated heterocycles. The van der Waals surface area contributed by atoms with E-state index in [2.05, 4.69) is 88.2 Å². The Morgan fingerprint density at radius 3 is 2.76 bits per heavy atom. The van der Waals surface area contributed by atoms with Crippen LogP contribution in [0.15, 0.2) is 61.2 Å². The first-order chi connectivity index (χ1) is 12.1.